The number of piperidine rings is 2. The molecule has 3 rings (SSSR count). The Morgan fingerprint density at radius 3 is 2.58 bits per heavy atom. The van der Waals surface area contributed by atoms with Gasteiger partial charge in [-0.05, 0) is 69.6 Å². The summed E-state index contributed by atoms with van der Waals surface area (Å²) in [4.78, 5) is 2.60. The van der Waals surface area contributed by atoms with E-state index in [1.54, 1.807) is 7.11 Å². The Morgan fingerprint density at radius 1 is 1.27 bits per heavy atom. The Labute approximate surface area is 157 Å². The molecule has 2 N–H and O–H groups in total. The average Bonchev–Trinajstić information content (AvgIpc) is 2.67. The maximum absolute atomic E-state index is 11.7. The topological polar surface area (TPSA) is 70.7 Å². The predicted octanol–water partition coefficient (Wildman–Crippen LogP) is 1.33. The fraction of sp³-hybridized carbons (Fsp3) is 0.684. The third-order valence-electron chi connectivity index (χ3n) is 5.94. The molecular formula is C19H31N3O3S. The van der Waals surface area contributed by atoms with Crippen molar-refractivity contribution in [2.45, 2.75) is 37.1 Å². The average molecular weight is 382 g/mol. The molecule has 2 heterocycles. The van der Waals surface area contributed by atoms with Gasteiger partial charge < -0.3 is 15.0 Å². The SMILES string of the molecule is COc1cccc(C2(CNS(C)(=O)=O)CCN(C3CCNCC3)CC2)c1. The summed E-state index contributed by atoms with van der Waals surface area (Å²) >= 11 is 0. The lowest BCUT2D eigenvalue weighted by Crippen LogP contribution is -2.53. The minimum atomic E-state index is -3.22. The third kappa shape index (κ3) is 4.76. The molecule has 146 valence electrons. The highest BCUT2D eigenvalue weighted by Gasteiger charge is 2.38. The van der Waals surface area contributed by atoms with Crippen molar-refractivity contribution >= 4 is 10.0 Å². The van der Waals surface area contributed by atoms with Crippen molar-refractivity contribution in [2.75, 3.05) is 46.1 Å². The van der Waals surface area contributed by atoms with Crippen molar-refractivity contribution in [3.63, 3.8) is 0 Å². The number of hydrogen-bond acceptors (Lipinski definition) is 5. The van der Waals surface area contributed by atoms with E-state index in [1.807, 2.05) is 12.1 Å². The fourth-order valence-electron chi connectivity index (χ4n) is 4.28. The second kappa shape index (κ2) is 8.25. The molecule has 0 amide bonds. The number of nitrogens with zero attached hydrogens (tertiary/aromatic N) is 1. The number of rotatable bonds is 6. The zero-order valence-electron chi connectivity index (χ0n) is 15.8. The molecule has 2 saturated heterocycles. The molecule has 0 unspecified atom stereocenters. The molecule has 6 nitrogen and oxygen atoms in total. The third-order valence-corrected chi connectivity index (χ3v) is 6.60. The quantitative estimate of drug-likeness (QED) is 0.778. The smallest absolute Gasteiger partial charge is 0.208 e. The van der Waals surface area contributed by atoms with Crippen LogP contribution in [0.15, 0.2) is 24.3 Å². The van der Waals surface area contributed by atoms with Crippen LogP contribution < -0.4 is 14.8 Å². The van der Waals surface area contributed by atoms with E-state index in [0.29, 0.717) is 12.6 Å². The van der Waals surface area contributed by atoms with Crippen LogP contribution in [0.2, 0.25) is 0 Å². The van der Waals surface area contributed by atoms with Gasteiger partial charge in [0.2, 0.25) is 10.0 Å². The van der Waals surface area contributed by atoms with Gasteiger partial charge in [-0.25, -0.2) is 13.1 Å². The summed E-state index contributed by atoms with van der Waals surface area (Å²) in [6, 6.07) is 8.75. The number of likely N-dealkylation sites (tertiary alicyclic amines) is 1. The van der Waals surface area contributed by atoms with Crippen molar-refractivity contribution in [1.29, 1.82) is 0 Å². The molecule has 2 fully saturated rings. The number of hydrogen-bond donors (Lipinski definition) is 2. The molecule has 2 aliphatic rings. The summed E-state index contributed by atoms with van der Waals surface area (Å²) in [5.74, 6) is 0.821. The van der Waals surface area contributed by atoms with Crippen LogP contribution in [0.4, 0.5) is 0 Å². The van der Waals surface area contributed by atoms with Crippen molar-refractivity contribution in [3.05, 3.63) is 29.8 Å². The standard InChI is InChI=1S/C19H31N3O3S/c1-25-18-5-3-4-16(14-18)19(15-21-26(2,23)24)8-12-22(13-9-19)17-6-10-20-11-7-17/h3-5,14,17,20-21H,6-13,15H2,1-2H3. The van der Waals surface area contributed by atoms with Crippen molar-refractivity contribution in [3.8, 4) is 5.75 Å². The Kier molecular flexibility index (Phi) is 6.22. The van der Waals surface area contributed by atoms with Crippen LogP contribution in [-0.2, 0) is 15.4 Å². The predicted molar refractivity (Wildman–Crippen MR) is 104 cm³/mol. The van der Waals surface area contributed by atoms with E-state index in [0.717, 1.165) is 50.3 Å². The number of sulfonamides is 1. The van der Waals surface area contributed by atoms with E-state index in [4.69, 9.17) is 4.74 Å². The lowest BCUT2D eigenvalue weighted by atomic mass is 9.72. The minimum absolute atomic E-state index is 0.180. The molecule has 0 aliphatic carbocycles. The fourth-order valence-corrected chi connectivity index (χ4v) is 4.82. The van der Waals surface area contributed by atoms with E-state index < -0.39 is 10.0 Å². The highest BCUT2D eigenvalue weighted by molar-refractivity contribution is 7.88. The summed E-state index contributed by atoms with van der Waals surface area (Å²) in [6.45, 7) is 4.65. The number of benzene rings is 1. The molecule has 0 spiro atoms. The molecule has 7 heteroatoms. The number of nitrogens with one attached hydrogen (secondary N) is 2. The van der Waals surface area contributed by atoms with Gasteiger partial charge in [0.05, 0.1) is 13.4 Å². The molecule has 0 saturated carbocycles. The first-order chi connectivity index (χ1) is 12.4. The Hall–Kier alpha value is -1.15. The monoisotopic (exact) mass is 381 g/mol. The van der Waals surface area contributed by atoms with Crippen LogP contribution in [0.25, 0.3) is 0 Å². The largest absolute Gasteiger partial charge is 0.497 e. The maximum atomic E-state index is 11.7. The van der Waals surface area contributed by atoms with Gasteiger partial charge in [0.25, 0.3) is 0 Å². The van der Waals surface area contributed by atoms with Crippen LogP contribution in [0.5, 0.6) is 5.75 Å². The maximum Gasteiger partial charge on any atom is 0.208 e. The van der Waals surface area contributed by atoms with Crippen molar-refractivity contribution < 1.29 is 13.2 Å². The second-order valence-electron chi connectivity index (χ2n) is 7.62. The first-order valence-electron chi connectivity index (χ1n) is 9.46. The van der Waals surface area contributed by atoms with E-state index in [-0.39, 0.29) is 5.41 Å². The molecule has 1 aromatic carbocycles. The summed E-state index contributed by atoms with van der Waals surface area (Å²) < 4.78 is 31.6. The normalized spacial score (nSPS) is 22.2. The molecule has 0 radical (unpaired) electrons. The highest BCUT2D eigenvalue weighted by atomic mass is 32.2. The minimum Gasteiger partial charge on any atom is -0.497 e. The summed E-state index contributed by atoms with van der Waals surface area (Å²) in [5.41, 5.74) is 0.985. The summed E-state index contributed by atoms with van der Waals surface area (Å²) in [6.07, 6.45) is 5.54. The van der Waals surface area contributed by atoms with Gasteiger partial charge in [0.15, 0.2) is 0 Å². The lowest BCUT2D eigenvalue weighted by molar-refractivity contribution is 0.0971. The van der Waals surface area contributed by atoms with E-state index in [9.17, 15) is 8.42 Å². The van der Waals surface area contributed by atoms with E-state index >= 15 is 0 Å². The summed E-state index contributed by atoms with van der Waals surface area (Å²) in [5, 5.41) is 3.43. The first-order valence-corrected chi connectivity index (χ1v) is 11.3. The van der Waals surface area contributed by atoms with Crippen molar-refractivity contribution in [1.82, 2.24) is 14.9 Å². The van der Waals surface area contributed by atoms with Gasteiger partial charge in [-0.2, -0.15) is 0 Å². The molecule has 1 aromatic rings. The van der Waals surface area contributed by atoms with Crippen LogP contribution in [-0.4, -0.2) is 65.4 Å². The first kappa shape index (κ1) is 19.6. The molecule has 26 heavy (non-hydrogen) atoms. The Balaban J connectivity index is 1.78. The van der Waals surface area contributed by atoms with Gasteiger partial charge in [-0.15, -0.1) is 0 Å². The second-order valence-corrected chi connectivity index (χ2v) is 9.46. The molecule has 2 aliphatic heterocycles. The van der Waals surface area contributed by atoms with Gasteiger partial charge in [0.1, 0.15) is 5.75 Å². The van der Waals surface area contributed by atoms with Crippen molar-refractivity contribution in [2.24, 2.45) is 0 Å². The zero-order chi connectivity index (χ0) is 18.6. The van der Waals surface area contributed by atoms with Crippen LogP contribution in [0.1, 0.15) is 31.2 Å². The highest BCUT2D eigenvalue weighted by Crippen LogP contribution is 2.37. The molecule has 0 aromatic heterocycles. The van der Waals surface area contributed by atoms with Crippen LogP contribution >= 0.6 is 0 Å². The zero-order valence-corrected chi connectivity index (χ0v) is 16.6. The van der Waals surface area contributed by atoms with Gasteiger partial charge in [-0.1, -0.05) is 12.1 Å². The van der Waals surface area contributed by atoms with Crippen LogP contribution in [0.3, 0.4) is 0 Å². The van der Waals surface area contributed by atoms with Crippen LogP contribution in [0, 0.1) is 0 Å². The Morgan fingerprint density at radius 2 is 1.96 bits per heavy atom. The number of methoxy groups -OCH3 is 1. The molecular weight excluding hydrogens is 350 g/mol. The number of ether oxygens (including phenoxy) is 1. The molecule has 0 bridgehead atoms. The summed E-state index contributed by atoms with van der Waals surface area (Å²) in [7, 11) is -1.56. The van der Waals surface area contributed by atoms with Gasteiger partial charge in [0, 0.05) is 18.0 Å². The lowest BCUT2D eigenvalue weighted by Gasteiger charge is -2.45. The van der Waals surface area contributed by atoms with E-state index in [1.165, 1.54) is 19.1 Å². The van der Waals surface area contributed by atoms with Gasteiger partial charge in [-0.3, -0.25) is 0 Å². The molecule has 0 atom stereocenters. The Bertz CT molecular complexity index is 694. The van der Waals surface area contributed by atoms with E-state index in [2.05, 4.69) is 27.1 Å². The van der Waals surface area contributed by atoms with Gasteiger partial charge >= 0.3 is 0 Å².